The first kappa shape index (κ1) is 21.4. The normalized spacial score (nSPS) is 11.3. The van der Waals surface area contributed by atoms with Crippen LogP contribution in [0.2, 0.25) is 5.02 Å². The van der Waals surface area contributed by atoms with Crippen LogP contribution in [-0.2, 0) is 13.1 Å². The molecule has 1 aromatic heterocycles. The number of halogens is 2. The highest BCUT2D eigenvalue weighted by atomic mass is 35.5. The summed E-state index contributed by atoms with van der Waals surface area (Å²) < 4.78 is 13.3. The van der Waals surface area contributed by atoms with Crippen molar-refractivity contribution in [3.05, 3.63) is 70.6 Å². The number of rotatable bonds is 10. The molecule has 1 heterocycles. The Labute approximate surface area is 176 Å². The van der Waals surface area contributed by atoms with E-state index in [4.69, 9.17) is 11.6 Å². The highest BCUT2D eigenvalue weighted by Gasteiger charge is 2.14. The van der Waals surface area contributed by atoms with E-state index in [1.165, 1.54) is 12.1 Å². The molecule has 0 aliphatic heterocycles. The quantitative estimate of drug-likeness (QED) is 0.504. The van der Waals surface area contributed by atoms with Crippen molar-refractivity contribution in [1.82, 2.24) is 25.2 Å². The van der Waals surface area contributed by atoms with Crippen LogP contribution in [0.4, 0.5) is 4.39 Å². The molecule has 3 aromatic rings. The molecule has 29 heavy (non-hydrogen) atoms. The molecule has 0 unspecified atom stereocenters. The number of hydrogen-bond acceptors (Lipinski definition) is 4. The Morgan fingerprint density at radius 1 is 1.07 bits per heavy atom. The first-order valence-corrected chi connectivity index (χ1v) is 10.3. The van der Waals surface area contributed by atoms with Crippen LogP contribution >= 0.6 is 11.6 Å². The van der Waals surface area contributed by atoms with Crippen LogP contribution in [0.3, 0.4) is 0 Å². The van der Waals surface area contributed by atoms with Crippen molar-refractivity contribution < 1.29 is 4.39 Å². The van der Waals surface area contributed by atoms with Crippen LogP contribution in [0, 0.1) is 5.82 Å². The van der Waals surface area contributed by atoms with E-state index >= 15 is 0 Å². The highest BCUT2D eigenvalue weighted by Crippen LogP contribution is 2.22. The van der Waals surface area contributed by atoms with Crippen LogP contribution in [-0.4, -0.2) is 46.1 Å². The first-order valence-electron chi connectivity index (χ1n) is 9.97. The van der Waals surface area contributed by atoms with Crippen LogP contribution < -0.4 is 5.32 Å². The second-order valence-electron chi connectivity index (χ2n) is 6.83. The summed E-state index contributed by atoms with van der Waals surface area (Å²) in [5.74, 6) is -0.352. The van der Waals surface area contributed by atoms with Crippen LogP contribution in [0.15, 0.2) is 48.5 Å². The molecule has 0 aliphatic carbocycles. The molecule has 0 spiro atoms. The maximum atomic E-state index is 13.3. The Bertz CT molecular complexity index is 909. The van der Waals surface area contributed by atoms with E-state index in [1.807, 2.05) is 30.3 Å². The summed E-state index contributed by atoms with van der Waals surface area (Å²) >= 11 is 6.18. The molecule has 0 radical (unpaired) electrons. The summed E-state index contributed by atoms with van der Waals surface area (Å²) in [5, 5.41) is 13.2. The number of benzene rings is 2. The highest BCUT2D eigenvalue weighted by molar-refractivity contribution is 6.31. The predicted octanol–water partition coefficient (Wildman–Crippen LogP) is 4.22. The summed E-state index contributed by atoms with van der Waals surface area (Å²) in [4.78, 5) is 4.00. The Morgan fingerprint density at radius 3 is 2.52 bits per heavy atom. The molecule has 0 fully saturated rings. The molecule has 2 aromatic carbocycles. The van der Waals surface area contributed by atoms with Crippen LogP contribution in [0.1, 0.15) is 25.1 Å². The smallest absolute Gasteiger partial charge is 0.124 e. The van der Waals surface area contributed by atoms with Gasteiger partial charge in [-0.15, -0.1) is 0 Å². The van der Waals surface area contributed by atoms with Gasteiger partial charge in [0.15, 0.2) is 0 Å². The molecular weight excluding hydrogens is 389 g/mol. The maximum absolute atomic E-state index is 13.3. The Balaban J connectivity index is 1.76. The third-order valence-corrected chi connectivity index (χ3v) is 5.24. The van der Waals surface area contributed by atoms with Gasteiger partial charge in [0.05, 0.1) is 6.54 Å². The third kappa shape index (κ3) is 5.85. The number of nitrogens with zero attached hydrogens (tertiary/aromatic N) is 4. The van der Waals surface area contributed by atoms with Crippen LogP contribution in [0.5, 0.6) is 0 Å². The van der Waals surface area contributed by atoms with Gasteiger partial charge >= 0.3 is 0 Å². The molecule has 0 bridgehead atoms. The predicted molar refractivity (Wildman–Crippen MR) is 115 cm³/mol. The first-order chi connectivity index (χ1) is 14.1. The minimum atomic E-state index is -0.352. The Hall–Kier alpha value is -2.28. The molecule has 0 saturated carbocycles. The van der Waals surface area contributed by atoms with E-state index < -0.39 is 0 Å². The average Bonchev–Trinajstić information content (AvgIpc) is 3.13. The van der Waals surface area contributed by atoms with Crippen molar-refractivity contribution in [3.63, 3.8) is 0 Å². The number of likely N-dealkylation sites (N-methyl/N-ethyl adjacent to an activating group) is 1. The topological polar surface area (TPSA) is 46.0 Å². The van der Waals surface area contributed by atoms with Gasteiger partial charge in [0.1, 0.15) is 17.2 Å². The zero-order valence-corrected chi connectivity index (χ0v) is 17.7. The van der Waals surface area contributed by atoms with E-state index in [-0.39, 0.29) is 5.82 Å². The van der Waals surface area contributed by atoms with Gasteiger partial charge in [0.2, 0.25) is 0 Å². The van der Waals surface area contributed by atoms with Gasteiger partial charge in [-0.2, -0.15) is 15.0 Å². The van der Waals surface area contributed by atoms with Gasteiger partial charge < -0.3 is 10.2 Å². The fourth-order valence-electron chi connectivity index (χ4n) is 3.18. The zero-order chi connectivity index (χ0) is 20.6. The van der Waals surface area contributed by atoms with Crippen molar-refractivity contribution in [2.75, 3.05) is 26.2 Å². The van der Waals surface area contributed by atoms with Crippen molar-refractivity contribution >= 4 is 11.6 Å². The largest absolute Gasteiger partial charge is 0.310 e. The van der Waals surface area contributed by atoms with Crippen LogP contribution in [0.25, 0.3) is 11.3 Å². The lowest BCUT2D eigenvalue weighted by Gasteiger charge is -2.17. The number of hydrogen-bond donors (Lipinski definition) is 1. The summed E-state index contributed by atoms with van der Waals surface area (Å²) in [5.41, 5.74) is 3.53. The molecule has 1 N–H and O–H groups in total. The molecule has 0 aliphatic rings. The molecule has 0 atom stereocenters. The van der Waals surface area contributed by atoms with E-state index in [0.717, 1.165) is 48.7 Å². The van der Waals surface area contributed by atoms with Gasteiger partial charge in [0, 0.05) is 30.2 Å². The zero-order valence-electron chi connectivity index (χ0n) is 16.9. The molecule has 154 valence electrons. The van der Waals surface area contributed by atoms with E-state index in [9.17, 15) is 4.39 Å². The fraction of sp³-hybridized carbons (Fsp3) is 0.364. The minimum absolute atomic E-state index is 0.352. The second-order valence-corrected chi connectivity index (χ2v) is 7.24. The Morgan fingerprint density at radius 2 is 1.83 bits per heavy atom. The van der Waals surface area contributed by atoms with Crippen molar-refractivity contribution in [2.45, 2.75) is 26.9 Å². The van der Waals surface area contributed by atoms with Gasteiger partial charge in [-0.1, -0.05) is 61.8 Å². The Kier molecular flexibility index (Phi) is 7.75. The summed E-state index contributed by atoms with van der Waals surface area (Å²) in [6.45, 7) is 9.32. The molecule has 3 rings (SSSR count). The van der Waals surface area contributed by atoms with Gasteiger partial charge in [0.25, 0.3) is 0 Å². The van der Waals surface area contributed by atoms with E-state index in [2.05, 4.69) is 34.3 Å². The summed E-state index contributed by atoms with van der Waals surface area (Å²) in [6.07, 6.45) is 0. The molecule has 0 saturated heterocycles. The van der Waals surface area contributed by atoms with Gasteiger partial charge in [-0.3, -0.25) is 0 Å². The number of aromatic nitrogens is 3. The van der Waals surface area contributed by atoms with Gasteiger partial charge in [-0.05, 0) is 30.8 Å². The lowest BCUT2D eigenvalue weighted by Crippen LogP contribution is -2.31. The second kappa shape index (κ2) is 10.5. The van der Waals surface area contributed by atoms with Crippen molar-refractivity contribution in [3.8, 4) is 11.3 Å². The van der Waals surface area contributed by atoms with E-state index in [1.54, 1.807) is 10.9 Å². The molecule has 0 amide bonds. The van der Waals surface area contributed by atoms with Gasteiger partial charge in [-0.25, -0.2) is 4.39 Å². The van der Waals surface area contributed by atoms with E-state index in [0.29, 0.717) is 18.1 Å². The third-order valence-electron chi connectivity index (χ3n) is 4.89. The monoisotopic (exact) mass is 415 g/mol. The average molecular weight is 416 g/mol. The summed E-state index contributed by atoms with van der Waals surface area (Å²) in [6, 6.07) is 14.4. The molecule has 7 heteroatoms. The lowest BCUT2D eigenvalue weighted by molar-refractivity contribution is 0.302. The SMILES string of the molecule is CCN(CC)CCNCc1nn(Cc2ccc(F)cc2Cl)nc1-c1ccccc1. The lowest BCUT2D eigenvalue weighted by atomic mass is 10.1. The maximum Gasteiger partial charge on any atom is 0.124 e. The molecular formula is C22H27ClFN5. The fourth-order valence-corrected chi connectivity index (χ4v) is 3.41. The van der Waals surface area contributed by atoms with Crippen molar-refractivity contribution in [1.29, 1.82) is 0 Å². The van der Waals surface area contributed by atoms with Crippen molar-refractivity contribution in [2.24, 2.45) is 0 Å². The molecule has 5 nitrogen and oxygen atoms in total. The summed E-state index contributed by atoms with van der Waals surface area (Å²) in [7, 11) is 0. The standard InChI is InChI=1S/C22H27ClFN5/c1-3-28(4-2)13-12-25-15-21-22(17-8-6-5-7-9-17)27-29(26-21)16-18-10-11-19(24)14-20(18)23/h5-11,14,25H,3-4,12-13,15-16H2,1-2H3. The minimum Gasteiger partial charge on any atom is -0.310 e. The number of nitrogens with one attached hydrogen (secondary N) is 1.